The molecule has 32 heavy (non-hydrogen) atoms. The molecule has 4 nitrogen and oxygen atoms in total. The van der Waals surface area contributed by atoms with Crippen LogP contribution in [0.3, 0.4) is 0 Å². The second kappa shape index (κ2) is 11.5. The lowest BCUT2D eigenvalue weighted by atomic mass is 10.0. The topological polar surface area (TPSA) is 46.2 Å². The highest BCUT2D eigenvalue weighted by molar-refractivity contribution is 5.93. The zero-order chi connectivity index (χ0) is 21.5. The van der Waals surface area contributed by atoms with E-state index < -0.39 is 0 Å². The van der Waals surface area contributed by atoms with Crippen LogP contribution >= 0.6 is 12.4 Å². The molecule has 0 bridgehead atoms. The van der Waals surface area contributed by atoms with Crippen LogP contribution in [0, 0.1) is 5.82 Å². The van der Waals surface area contributed by atoms with Crippen molar-refractivity contribution in [2.24, 2.45) is 0 Å². The third-order valence-corrected chi connectivity index (χ3v) is 5.25. The van der Waals surface area contributed by atoms with Gasteiger partial charge in [-0.2, -0.15) is 0 Å². The van der Waals surface area contributed by atoms with Crippen LogP contribution in [-0.4, -0.2) is 25.2 Å². The van der Waals surface area contributed by atoms with Gasteiger partial charge in [0.05, 0.1) is 12.6 Å². The first-order chi connectivity index (χ1) is 15.2. The first-order valence-electron chi connectivity index (χ1n) is 10.5. The van der Waals surface area contributed by atoms with Crippen LogP contribution in [0.1, 0.15) is 12.0 Å². The highest BCUT2D eigenvalue weighted by Gasteiger charge is 2.06. The summed E-state index contributed by atoms with van der Waals surface area (Å²) in [7, 11) is 1.60. The average Bonchev–Trinajstić information content (AvgIpc) is 2.81. The van der Waals surface area contributed by atoms with E-state index >= 15 is 0 Å². The Labute approximate surface area is 194 Å². The lowest BCUT2D eigenvalue weighted by Crippen LogP contribution is -2.18. The summed E-state index contributed by atoms with van der Waals surface area (Å²) in [6, 6.07) is 23.3. The molecule has 0 amide bonds. The molecule has 0 spiro atoms. The van der Waals surface area contributed by atoms with Crippen molar-refractivity contribution < 1.29 is 9.13 Å². The highest BCUT2D eigenvalue weighted by atomic mass is 35.5. The van der Waals surface area contributed by atoms with Gasteiger partial charge in [-0.3, -0.25) is 4.98 Å². The standard InChI is InChI=1S/C26H26FN3O.ClH/c1-31-26-11-9-22(27)16-21(26)18-28-13-5-14-29-24-12-15-30-25-17-20(8-10-23(24)25)19-6-3-2-4-7-19;/h2-4,6-12,15-17,28H,5,13-14,18H2,1H3,(H,29,30);1H. The van der Waals surface area contributed by atoms with E-state index in [1.54, 1.807) is 13.2 Å². The summed E-state index contributed by atoms with van der Waals surface area (Å²) >= 11 is 0. The highest BCUT2D eigenvalue weighted by Crippen LogP contribution is 2.27. The van der Waals surface area contributed by atoms with Crippen LogP contribution in [-0.2, 0) is 6.54 Å². The van der Waals surface area contributed by atoms with Crippen LogP contribution < -0.4 is 15.4 Å². The molecule has 4 rings (SSSR count). The molecule has 1 aromatic heterocycles. The fourth-order valence-corrected chi connectivity index (χ4v) is 3.66. The molecule has 0 aliphatic carbocycles. The zero-order valence-electron chi connectivity index (χ0n) is 18.0. The average molecular weight is 452 g/mol. The van der Waals surface area contributed by atoms with Crippen LogP contribution in [0.15, 0.2) is 79.0 Å². The molecule has 0 aliphatic rings. The summed E-state index contributed by atoms with van der Waals surface area (Å²) < 4.78 is 18.7. The number of rotatable bonds is 9. The molecule has 0 aliphatic heterocycles. The quantitative estimate of drug-likeness (QED) is 0.303. The van der Waals surface area contributed by atoms with E-state index in [0.717, 1.165) is 47.2 Å². The smallest absolute Gasteiger partial charge is 0.123 e. The van der Waals surface area contributed by atoms with Gasteiger partial charge < -0.3 is 15.4 Å². The maximum atomic E-state index is 13.5. The number of methoxy groups -OCH3 is 1. The van der Waals surface area contributed by atoms with Crippen molar-refractivity contribution >= 4 is 29.0 Å². The number of fused-ring (bicyclic) bond motifs is 1. The second-order valence-electron chi connectivity index (χ2n) is 7.37. The number of aromatic nitrogens is 1. The monoisotopic (exact) mass is 451 g/mol. The Morgan fingerprint density at radius 1 is 0.906 bits per heavy atom. The molecule has 1 heterocycles. The largest absolute Gasteiger partial charge is 0.496 e. The number of hydrogen-bond acceptors (Lipinski definition) is 4. The van der Waals surface area contributed by atoms with Gasteiger partial charge in [-0.25, -0.2) is 4.39 Å². The predicted molar refractivity (Wildman–Crippen MR) is 132 cm³/mol. The van der Waals surface area contributed by atoms with E-state index in [9.17, 15) is 4.39 Å². The van der Waals surface area contributed by atoms with E-state index in [1.807, 2.05) is 30.5 Å². The third-order valence-electron chi connectivity index (χ3n) is 5.25. The van der Waals surface area contributed by atoms with E-state index in [-0.39, 0.29) is 18.2 Å². The fraction of sp³-hybridized carbons (Fsp3) is 0.192. The minimum atomic E-state index is -0.251. The van der Waals surface area contributed by atoms with Crippen molar-refractivity contribution in [1.29, 1.82) is 0 Å². The number of anilines is 1. The molecule has 6 heteroatoms. The van der Waals surface area contributed by atoms with Crippen molar-refractivity contribution in [2.45, 2.75) is 13.0 Å². The van der Waals surface area contributed by atoms with Crippen molar-refractivity contribution in [3.63, 3.8) is 0 Å². The Hall–Kier alpha value is -3.15. The Morgan fingerprint density at radius 3 is 2.56 bits per heavy atom. The molecular weight excluding hydrogens is 425 g/mol. The lowest BCUT2D eigenvalue weighted by molar-refractivity contribution is 0.406. The SMILES string of the molecule is COc1ccc(F)cc1CNCCCNc1ccnc2cc(-c3ccccc3)ccc12.Cl. The Kier molecular flexibility index (Phi) is 8.42. The van der Waals surface area contributed by atoms with Crippen molar-refractivity contribution in [3.8, 4) is 16.9 Å². The Morgan fingerprint density at radius 2 is 1.75 bits per heavy atom. The van der Waals surface area contributed by atoms with Gasteiger partial charge in [-0.1, -0.05) is 42.5 Å². The van der Waals surface area contributed by atoms with Gasteiger partial charge in [0.25, 0.3) is 0 Å². The normalized spacial score (nSPS) is 10.6. The van der Waals surface area contributed by atoms with Crippen LogP contribution in [0.5, 0.6) is 5.75 Å². The summed E-state index contributed by atoms with van der Waals surface area (Å²) in [4.78, 5) is 4.55. The second-order valence-corrected chi connectivity index (χ2v) is 7.37. The summed E-state index contributed by atoms with van der Waals surface area (Å²) in [5, 5.41) is 7.98. The van der Waals surface area contributed by atoms with E-state index in [1.165, 1.54) is 17.7 Å². The molecule has 0 saturated heterocycles. The van der Waals surface area contributed by atoms with Crippen molar-refractivity contribution in [3.05, 3.63) is 90.4 Å². The Bertz CT molecular complexity index is 1150. The molecule has 2 N–H and O–H groups in total. The number of hydrogen-bond donors (Lipinski definition) is 2. The number of pyridine rings is 1. The number of halogens is 2. The molecule has 3 aromatic carbocycles. The van der Waals surface area contributed by atoms with Gasteiger partial charge in [0, 0.05) is 35.9 Å². The number of ether oxygens (including phenoxy) is 1. The minimum absolute atomic E-state index is 0. The van der Waals surface area contributed by atoms with Gasteiger partial charge in [-0.05, 0) is 54.4 Å². The molecule has 0 radical (unpaired) electrons. The molecule has 166 valence electrons. The summed E-state index contributed by atoms with van der Waals surface area (Å²) in [5.74, 6) is 0.449. The van der Waals surface area contributed by atoms with Gasteiger partial charge in [0.2, 0.25) is 0 Å². The van der Waals surface area contributed by atoms with Crippen LogP contribution in [0.25, 0.3) is 22.0 Å². The molecule has 4 aromatic rings. The van der Waals surface area contributed by atoms with E-state index in [2.05, 4.69) is 45.9 Å². The molecule has 0 saturated carbocycles. The van der Waals surface area contributed by atoms with Crippen LogP contribution in [0.4, 0.5) is 10.1 Å². The maximum absolute atomic E-state index is 13.5. The molecule has 0 fully saturated rings. The van der Waals surface area contributed by atoms with Gasteiger partial charge in [0.1, 0.15) is 11.6 Å². The molecule has 0 atom stereocenters. The summed E-state index contributed by atoms with van der Waals surface area (Å²) in [6.45, 7) is 2.21. The molecular formula is C26H27ClFN3O. The lowest BCUT2D eigenvalue weighted by Gasteiger charge is -2.12. The van der Waals surface area contributed by atoms with Crippen molar-refractivity contribution in [2.75, 3.05) is 25.5 Å². The predicted octanol–water partition coefficient (Wildman–Crippen LogP) is 6.06. The third kappa shape index (κ3) is 5.75. The fourth-order valence-electron chi connectivity index (χ4n) is 3.66. The summed E-state index contributed by atoms with van der Waals surface area (Å²) in [5.41, 5.74) is 5.23. The van der Waals surface area contributed by atoms with Gasteiger partial charge in [0.15, 0.2) is 0 Å². The number of nitrogens with one attached hydrogen (secondary N) is 2. The van der Waals surface area contributed by atoms with Gasteiger partial charge >= 0.3 is 0 Å². The first kappa shape index (κ1) is 23.5. The number of benzene rings is 3. The Balaban J connectivity index is 0.00000289. The van der Waals surface area contributed by atoms with Crippen molar-refractivity contribution in [1.82, 2.24) is 10.3 Å². The number of nitrogens with zero attached hydrogens (tertiary/aromatic N) is 1. The maximum Gasteiger partial charge on any atom is 0.123 e. The molecule has 0 unspecified atom stereocenters. The van der Waals surface area contributed by atoms with E-state index in [0.29, 0.717) is 12.3 Å². The van der Waals surface area contributed by atoms with E-state index in [4.69, 9.17) is 4.74 Å². The first-order valence-corrected chi connectivity index (χ1v) is 10.5. The van der Waals surface area contributed by atoms with Gasteiger partial charge in [-0.15, -0.1) is 12.4 Å². The zero-order valence-corrected chi connectivity index (χ0v) is 18.8. The van der Waals surface area contributed by atoms with Crippen LogP contribution in [0.2, 0.25) is 0 Å². The minimum Gasteiger partial charge on any atom is -0.496 e. The summed E-state index contributed by atoms with van der Waals surface area (Å²) in [6.07, 6.45) is 2.78.